The van der Waals surface area contributed by atoms with Gasteiger partial charge in [0.2, 0.25) is 0 Å². The quantitative estimate of drug-likeness (QED) is 0.361. The Kier molecular flexibility index (Phi) is 2.68. The number of nitrogens with one attached hydrogen (secondary N) is 1. The second-order valence-electron chi connectivity index (χ2n) is 8.41. The lowest BCUT2D eigenvalue weighted by Gasteiger charge is -2.55. The minimum absolute atomic E-state index is 0.00824. The largest absolute Gasteiger partial charge is 0.506 e. The van der Waals surface area contributed by atoms with E-state index in [0.717, 1.165) is 36.1 Å². The Morgan fingerprint density at radius 2 is 2.25 bits per heavy atom. The number of carbonyl (C=O) groups excluding carboxylic acids is 1. The second kappa shape index (κ2) is 4.42. The fraction of sp³-hybridized carbons (Fsp3) is 0.550. The number of piperidine rings is 1. The van der Waals surface area contributed by atoms with Crippen molar-refractivity contribution in [3.05, 3.63) is 35.4 Å². The molecule has 6 atom stereocenters. The molecule has 4 heteroatoms. The van der Waals surface area contributed by atoms with Crippen molar-refractivity contribution in [1.82, 2.24) is 0 Å². The highest BCUT2D eigenvalue weighted by Gasteiger charge is 2.71. The number of phenolic OH excluding ortho intramolecular Hbond substituents is 1. The number of quaternary nitrogens is 1. The number of allylic oxidation sites excluding steroid dienone is 1. The molecule has 5 rings (SSSR count). The summed E-state index contributed by atoms with van der Waals surface area (Å²) in [6.07, 6.45) is 5.61. The smallest absolute Gasteiger partial charge is 0.138 e. The molecule has 3 heterocycles. The molecule has 1 aromatic carbocycles. The number of fused-ring (bicyclic) bond motifs is 2. The standard InChI is InChI=1S/C20H24N2O2/c1-3-12-10-22(2)8-7-20-15-5-4-6-16(24)18(15)21-19(20)14(11-23)13(12)9-17(20)22/h3-6,11,13-14,17,19,21H,7-10H2,1-2H3/p+1/b12-3-/t13-,14?,17?,19?,20?,22?/m1/s1. The molecule has 1 saturated carbocycles. The molecular weight excluding hydrogens is 300 g/mol. The van der Waals surface area contributed by atoms with Gasteiger partial charge in [-0.15, -0.1) is 0 Å². The molecule has 4 aliphatic rings. The van der Waals surface area contributed by atoms with Gasteiger partial charge in [-0.3, -0.25) is 0 Å². The lowest BCUT2D eigenvalue weighted by atomic mass is 9.55. The van der Waals surface area contributed by atoms with Crippen LogP contribution >= 0.6 is 0 Å². The van der Waals surface area contributed by atoms with Gasteiger partial charge in [0.15, 0.2) is 0 Å². The molecule has 1 aromatic rings. The number of hydrogen-bond donors (Lipinski definition) is 2. The Hall–Kier alpha value is -1.81. The maximum absolute atomic E-state index is 12.1. The van der Waals surface area contributed by atoms with Gasteiger partial charge < -0.3 is 19.7 Å². The summed E-state index contributed by atoms with van der Waals surface area (Å²) >= 11 is 0. The van der Waals surface area contributed by atoms with E-state index >= 15 is 0 Å². The molecule has 3 aliphatic heterocycles. The summed E-state index contributed by atoms with van der Waals surface area (Å²) in [5.41, 5.74) is 3.55. The summed E-state index contributed by atoms with van der Waals surface area (Å²) in [5, 5.41) is 14.0. The average molecular weight is 325 g/mol. The number of carbonyl (C=O) groups is 1. The molecule has 2 N–H and O–H groups in total. The van der Waals surface area contributed by atoms with Crippen LogP contribution in [0.25, 0.3) is 0 Å². The van der Waals surface area contributed by atoms with Crippen molar-refractivity contribution in [3.63, 3.8) is 0 Å². The van der Waals surface area contributed by atoms with Crippen LogP contribution in [0.3, 0.4) is 0 Å². The second-order valence-corrected chi connectivity index (χ2v) is 8.41. The molecule has 5 unspecified atom stereocenters. The number of anilines is 1. The van der Waals surface area contributed by atoms with Gasteiger partial charge in [-0.25, -0.2) is 0 Å². The van der Waals surface area contributed by atoms with Crippen LogP contribution in [0.15, 0.2) is 29.8 Å². The van der Waals surface area contributed by atoms with E-state index in [2.05, 4.69) is 31.4 Å². The summed E-state index contributed by atoms with van der Waals surface area (Å²) in [6, 6.07) is 6.52. The third kappa shape index (κ3) is 1.43. The minimum atomic E-state index is -0.00975. The van der Waals surface area contributed by atoms with Crippen LogP contribution in [-0.4, -0.2) is 48.1 Å². The summed E-state index contributed by atoms with van der Waals surface area (Å²) < 4.78 is 1.08. The zero-order valence-electron chi connectivity index (χ0n) is 14.3. The first-order chi connectivity index (χ1) is 11.5. The van der Waals surface area contributed by atoms with E-state index in [-0.39, 0.29) is 17.4 Å². The van der Waals surface area contributed by atoms with E-state index in [1.165, 1.54) is 17.4 Å². The number of hydrogen-bond acceptors (Lipinski definition) is 3. The van der Waals surface area contributed by atoms with Crippen molar-refractivity contribution in [1.29, 1.82) is 0 Å². The van der Waals surface area contributed by atoms with Crippen LogP contribution in [0, 0.1) is 11.8 Å². The van der Waals surface area contributed by atoms with E-state index in [0.29, 0.717) is 17.7 Å². The minimum Gasteiger partial charge on any atom is -0.506 e. The Morgan fingerprint density at radius 3 is 3.00 bits per heavy atom. The lowest BCUT2D eigenvalue weighted by molar-refractivity contribution is -0.924. The summed E-state index contributed by atoms with van der Waals surface area (Å²) in [5.74, 6) is 0.665. The van der Waals surface area contributed by atoms with E-state index in [1.54, 1.807) is 6.07 Å². The van der Waals surface area contributed by atoms with Crippen molar-refractivity contribution >= 4 is 12.0 Å². The SMILES string of the molecule is C/C=C1/C[N+]2(C)CCC34c5cccc(O)c5NC3C(C=O)[C@@H]1CC42. The summed E-state index contributed by atoms with van der Waals surface area (Å²) in [7, 11) is 2.39. The Morgan fingerprint density at radius 1 is 1.42 bits per heavy atom. The molecule has 0 radical (unpaired) electrons. The number of aldehydes is 1. The first kappa shape index (κ1) is 14.5. The molecule has 24 heavy (non-hydrogen) atoms. The van der Waals surface area contributed by atoms with Crippen LogP contribution in [0.5, 0.6) is 5.75 Å². The molecule has 2 bridgehead atoms. The highest BCUT2D eigenvalue weighted by molar-refractivity contribution is 5.74. The number of nitrogens with zero attached hydrogens (tertiary/aromatic N) is 1. The van der Waals surface area contributed by atoms with E-state index in [4.69, 9.17) is 0 Å². The number of rotatable bonds is 1. The van der Waals surface area contributed by atoms with Gasteiger partial charge in [0, 0.05) is 24.7 Å². The van der Waals surface area contributed by atoms with Crippen LogP contribution in [0.2, 0.25) is 0 Å². The average Bonchev–Trinajstić information content (AvgIpc) is 3.09. The third-order valence-corrected chi connectivity index (χ3v) is 7.66. The number of benzene rings is 1. The molecule has 3 fully saturated rings. The van der Waals surface area contributed by atoms with Gasteiger partial charge in [-0.1, -0.05) is 18.2 Å². The van der Waals surface area contributed by atoms with Gasteiger partial charge in [0.05, 0.1) is 30.7 Å². The molecule has 4 nitrogen and oxygen atoms in total. The van der Waals surface area contributed by atoms with Crippen molar-refractivity contribution in [3.8, 4) is 5.75 Å². The van der Waals surface area contributed by atoms with Crippen molar-refractivity contribution in [2.75, 3.05) is 25.5 Å². The molecule has 2 saturated heterocycles. The van der Waals surface area contributed by atoms with Crippen LogP contribution < -0.4 is 5.32 Å². The van der Waals surface area contributed by atoms with Crippen LogP contribution in [0.4, 0.5) is 5.69 Å². The molecule has 1 spiro atoms. The Bertz CT molecular complexity index is 773. The van der Waals surface area contributed by atoms with Gasteiger partial charge in [-0.05, 0) is 24.1 Å². The van der Waals surface area contributed by atoms with Crippen molar-refractivity contribution in [2.45, 2.75) is 37.3 Å². The first-order valence-electron chi connectivity index (χ1n) is 9.09. The van der Waals surface area contributed by atoms with Crippen molar-refractivity contribution < 1.29 is 14.4 Å². The third-order valence-electron chi connectivity index (χ3n) is 7.66. The van der Waals surface area contributed by atoms with Crippen LogP contribution in [0.1, 0.15) is 25.3 Å². The fourth-order valence-electron chi connectivity index (χ4n) is 6.66. The monoisotopic (exact) mass is 325 g/mol. The fourth-order valence-corrected chi connectivity index (χ4v) is 6.66. The zero-order chi connectivity index (χ0) is 16.7. The van der Waals surface area contributed by atoms with Gasteiger partial charge in [0.1, 0.15) is 24.6 Å². The Balaban J connectivity index is 1.76. The molecular formula is C20H25N2O2+. The normalized spacial score (nSPS) is 46.3. The van der Waals surface area contributed by atoms with Crippen LogP contribution in [-0.2, 0) is 10.2 Å². The summed E-state index contributed by atoms with van der Waals surface area (Å²) in [6.45, 7) is 4.33. The summed E-state index contributed by atoms with van der Waals surface area (Å²) in [4.78, 5) is 12.1. The molecule has 0 aromatic heterocycles. The number of phenols is 1. The van der Waals surface area contributed by atoms with E-state index < -0.39 is 0 Å². The highest BCUT2D eigenvalue weighted by Crippen LogP contribution is 2.63. The first-order valence-corrected chi connectivity index (χ1v) is 9.09. The van der Waals surface area contributed by atoms with Gasteiger partial charge in [0.25, 0.3) is 0 Å². The zero-order valence-corrected chi connectivity index (χ0v) is 14.3. The van der Waals surface area contributed by atoms with E-state index in [9.17, 15) is 9.90 Å². The topological polar surface area (TPSA) is 49.3 Å². The lowest BCUT2D eigenvalue weighted by Crippen LogP contribution is -2.67. The predicted octanol–water partition coefficient (Wildman–Crippen LogP) is 2.44. The maximum Gasteiger partial charge on any atom is 0.138 e. The number of para-hydroxylation sites is 1. The van der Waals surface area contributed by atoms with Gasteiger partial charge >= 0.3 is 0 Å². The predicted molar refractivity (Wildman–Crippen MR) is 92.9 cm³/mol. The number of aromatic hydroxyl groups is 1. The van der Waals surface area contributed by atoms with E-state index in [1.807, 2.05) is 6.07 Å². The number of likely N-dealkylation sites (N-methyl/N-ethyl adjacent to an activating group) is 1. The molecule has 1 aliphatic carbocycles. The Labute approximate surface area is 142 Å². The van der Waals surface area contributed by atoms with Crippen molar-refractivity contribution in [2.24, 2.45) is 11.8 Å². The van der Waals surface area contributed by atoms with Gasteiger partial charge in [-0.2, -0.15) is 0 Å². The molecule has 0 amide bonds. The molecule has 126 valence electrons. The highest BCUT2D eigenvalue weighted by atomic mass is 16.3. The maximum atomic E-state index is 12.1.